The number of allylic oxidation sites excluding steroid dienone is 5. The van der Waals surface area contributed by atoms with E-state index in [0.29, 0.717) is 11.8 Å². The van der Waals surface area contributed by atoms with Crippen molar-refractivity contribution in [2.45, 2.75) is 0 Å². The average Bonchev–Trinajstić information content (AvgIpc) is 2.19. The maximum Gasteiger partial charge on any atom is 0.199 e. The maximum atomic E-state index is 5.72. The van der Waals surface area contributed by atoms with Crippen molar-refractivity contribution in [2.75, 3.05) is 24.8 Å². The van der Waals surface area contributed by atoms with Crippen molar-refractivity contribution in [3.8, 4) is 0 Å². The molecule has 0 unspecified atom stereocenters. The van der Waals surface area contributed by atoms with E-state index in [1.54, 1.807) is 0 Å². The van der Waals surface area contributed by atoms with Gasteiger partial charge in [-0.25, -0.2) is 4.58 Å². The fourth-order valence-corrected chi connectivity index (χ4v) is 1.69. The lowest BCUT2D eigenvalue weighted by Crippen LogP contribution is -2.23. The number of nitrogens with zero attached hydrogens (tertiary/aromatic N) is 1. The number of hydrogen-bond donors (Lipinski definition) is 0. The molecule has 1 nitrogen and oxygen atoms in total. The molecule has 0 amide bonds. The van der Waals surface area contributed by atoms with Gasteiger partial charge in [0.15, 0.2) is 18.8 Å². The molecule has 1 aliphatic rings. The van der Waals surface area contributed by atoms with Gasteiger partial charge in [-0.15, -0.1) is 23.2 Å². The van der Waals surface area contributed by atoms with Crippen molar-refractivity contribution < 1.29 is 4.58 Å². The van der Waals surface area contributed by atoms with Crippen LogP contribution in [0.25, 0.3) is 0 Å². The highest BCUT2D eigenvalue weighted by atomic mass is 35.5. The van der Waals surface area contributed by atoms with E-state index in [1.807, 2.05) is 24.3 Å². The zero-order valence-corrected chi connectivity index (χ0v) is 9.56. The van der Waals surface area contributed by atoms with Crippen molar-refractivity contribution in [3.05, 3.63) is 36.5 Å². The van der Waals surface area contributed by atoms with E-state index in [2.05, 4.69) is 11.2 Å². The molecule has 76 valence electrons. The van der Waals surface area contributed by atoms with E-state index < -0.39 is 0 Å². The van der Waals surface area contributed by atoms with Gasteiger partial charge in [0.1, 0.15) is 0 Å². The van der Waals surface area contributed by atoms with Crippen LogP contribution in [0.2, 0.25) is 0 Å². The largest absolute Gasteiger partial charge is 0.227 e. The summed E-state index contributed by atoms with van der Waals surface area (Å²) in [6.45, 7) is 5.49. The summed E-state index contributed by atoms with van der Waals surface area (Å²) in [5.41, 5.74) is 2.17. The van der Waals surface area contributed by atoms with Crippen LogP contribution in [-0.4, -0.2) is 35.1 Å². The van der Waals surface area contributed by atoms with Gasteiger partial charge in [0, 0.05) is 12.2 Å². The normalized spacial score (nSPS) is 15.0. The molecule has 3 heteroatoms. The lowest BCUT2D eigenvalue weighted by Gasteiger charge is -2.05. The minimum Gasteiger partial charge on any atom is -0.227 e. The van der Waals surface area contributed by atoms with Crippen molar-refractivity contribution >= 4 is 28.9 Å². The molecule has 0 N–H and O–H groups in total. The van der Waals surface area contributed by atoms with Crippen LogP contribution in [0.15, 0.2) is 36.5 Å². The van der Waals surface area contributed by atoms with Gasteiger partial charge in [-0.3, -0.25) is 0 Å². The Labute approximate surface area is 95.0 Å². The van der Waals surface area contributed by atoms with Gasteiger partial charge in [0.05, 0.1) is 11.8 Å². The predicted octanol–water partition coefficient (Wildman–Crippen LogP) is 2.60. The predicted molar refractivity (Wildman–Crippen MR) is 63.9 cm³/mol. The number of hydrogen-bond acceptors (Lipinski definition) is 0. The van der Waals surface area contributed by atoms with Crippen LogP contribution in [0.1, 0.15) is 0 Å². The maximum absolute atomic E-state index is 5.72. The van der Waals surface area contributed by atoms with Crippen molar-refractivity contribution in [1.29, 1.82) is 0 Å². The summed E-state index contributed by atoms with van der Waals surface area (Å²) in [6, 6.07) is 0. The number of rotatable bonds is 4. The molecule has 0 heterocycles. The van der Waals surface area contributed by atoms with Gasteiger partial charge in [-0.2, -0.15) is 0 Å². The van der Waals surface area contributed by atoms with Crippen LogP contribution in [0, 0.1) is 0 Å². The third-order valence-corrected chi connectivity index (χ3v) is 2.35. The zero-order chi connectivity index (χ0) is 10.4. The molecule has 1 rings (SSSR count). The molecule has 0 spiro atoms. The van der Waals surface area contributed by atoms with Crippen LogP contribution in [0.3, 0.4) is 0 Å². The Bertz CT molecular complexity index is 274. The summed E-state index contributed by atoms with van der Waals surface area (Å²) >= 11 is 11.4. The minimum absolute atomic E-state index is 0.614. The molecule has 0 saturated heterocycles. The second kappa shape index (κ2) is 6.05. The highest BCUT2D eigenvalue weighted by Crippen LogP contribution is 2.04. The average molecular weight is 231 g/mol. The molecule has 0 aromatic rings. The first-order valence-electron chi connectivity index (χ1n) is 4.57. The van der Waals surface area contributed by atoms with Gasteiger partial charge in [-0.05, 0) is 17.7 Å². The quantitative estimate of drug-likeness (QED) is 0.516. The Morgan fingerprint density at radius 2 is 1.50 bits per heavy atom. The highest BCUT2D eigenvalue weighted by molar-refractivity contribution is 6.18. The van der Waals surface area contributed by atoms with E-state index in [9.17, 15) is 0 Å². The van der Waals surface area contributed by atoms with Crippen LogP contribution in [-0.2, 0) is 0 Å². The fraction of sp³-hybridized carbons (Fsp3) is 0.364. The van der Waals surface area contributed by atoms with Gasteiger partial charge in [-0.1, -0.05) is 6.58 Å². The Kier molecular flexibility index (Phi) is 4.99. The standard InChI is InChI=1S/C11H14Cl2N/c1-10-2-4-11(5-3-10)14(8-6-12)9-7-13/h2-5H,1,6-9H2/q+1. The Balaban J connectivity index is 2.82. The zero-order valence-electron chi connectivity index (χ0n) is 8.05. The van der Waals surface area contributed by atoms with Crippen LogP contribution < -0.4 is 0 Å². The van der Waals surface area contributed by atoms with Crippen LogP contribution in [0.4, 0.5) is 0 Å². The van der Waals surface area contributed by atoms with Crippen molar-refractivity contribution in [3.63, 3.8) is 0 Å². The molecule has 0 atom stereocenters. The SMILES string of the molecule is C=C1C=CC(=[N+](CCCl)CCCl)C=C1. The molecular weight excluding hydrogens is 217 g/mol. The Morgan fingerprint density at radius 1 is 1.00 bits per heavy atom. The van der Waals surface area contributed by atoms with Gasteiger partial charge >= 0.3 is 0 Å². The lowest BCUT2D eigenvalue weighted by atomic mass is 10.1. The second-order valence-electron chi connectivity index (χ2n) is 3.03. The smallest absolute Gasteiger partial charge is 0.199 e. The molecule has 0 radical (unpaired) electrons. The fourth-order valence-electron chi connectivity index (χ4n) is 1.28. The summed E-state index contributed by atoms with van der Waals surface area (Å²) in [7, 11) is 0. The molecule has 0 saturated carbocycles. The highest BCUT2D eigenvalue weighted by Gasteiger charge is 2.10. The summed E-state index contributed by atoms with van der Waals surface area (Å²) in [5.74, 6) is 1.23. The molecule has 0 bridgehead atoms. The molecule has 14 heavy (non-hydrogen) atoms. The van der Waals surface area contributed by atoms with E-state index in [4.69, 9.17) is 23.2 Å². The Hall–Kier alpha value is -0.530. The van der Waals surface area contributed by atoms with E-state index in [1.165, 1.54) is 0 Å². The van der Waals surface area contributed by atoms with Crippen LogP contribution in [0.5, 0.6) is 0 Å². The summed E-state index contributed by atoms with van der Waals surface area (Å²) in [4.78, 5) is 0. The number of alkyl halides is 2. The molecule has 0 fully saturated rings. The third-order valence-electron chi connectivity index (χ3n) is 2.01. The first-order valence-corrected chi connectivity index (χ1v) is 5.63. The van der Waals surface area contributed by atoms with Crippen molar-refractivity contribution in [2.24, 2.45) is 0 Å². The van der Waals surface area contributed by atoms with Crippen molar-refractivity contribution in [1.82, 2.24) is 0 Å². The topological polar surface area (TPSA) is 3.01 Å². The first kappa shape index (κ1) is 11.5. The molecule has 0 aromatic heterocycles. The molecular formula is C11H14Cl2N+. The van der Waals surface area contributed by atoms with E-state index in [0.717, 1.165) is 24.4 Å². The Morgan fingerprint density at radius 3 is 1.93 bits per heavy atom. The van der Waals surface area contributed by atoms with Gasteiger partial charge < -0.3 is 0 Å². The summed E-state index contributed by atoms with van der Waals surface area (Å²) < 4.78 is 2.17. The first-order chi connectivity index (χ1) is 6.77. The minimum atomic E-state index is 0.614. The molecule has 0 aromatic carbocycles. The van der Waals surface area contributed by atoms with E-state index >= 15 is 0 Å². The van der Waals surface area contributed by atoms with Gasteiger partial charge in [0.25, 0.3) is 0 Å². The monoisotopic (exact) mass is 230 g/mol. The second-order valence-corrected chi connectivity index (χ2v) is 3.79. The molecule has 0 aliphatic heterocycles. The third kappa shape index (κ3) is 3.32. The summed E-state index contributed by atoms with van der Waals surface area (Å²) in [6.07, 6.45) is 8.07. The van der Waals surface area contributed by atoms with Crippen LogP contribution >= 0.6 is 23.2 Å². The summed E-state index contributed by atoms with van der Waals surface area (Å²) in [5, 5.41) is 0. The van der Waals surface area contributed by atoms with E-state index in [-0.39, 0.29) is 0 Å². The van der Waals surface area contributed by atoms with Gasteiger partial charge in [0.2, 0.25) is 0 Å². The molecule has 1 aliphatic carbocycles. The number of halogens is 2. The lowest BCUT2D eigenvalue weighted by molar-refractivity contribution is -0.517.